The molecule has 2 aromatic heterocycles. The molecule has 0 saturated heterocycles. The number of amides is 1. The fourth-order valence-electron chi connectivity index (χ4n) is 2.64. The van der Waals surface area contributed by atoms with E-state index >= 15 is 0 Å². The summed E-state index contributed by atoms with van der Waals surface area (Å²) >= 11 is 1.41. The van der Waals surface area contributed by atoms with E-state index in [-0.39, 0.29) is 5.89 Å². The van der Waals surface area contributed by atoms with E-state index in [1.54, 1.807) is 24.3 Å². The van der Waals surface area contributed by atoms with Crippen LogP contribution in [-0.4, -0.2) is 42.9 Å². The van der Waals surface area contributed by atoms with Crippen molar-refractivity contribution in [3.8, 4) is 22.2 Å². The van der Waals surface area contributed by atoms with Crippen molar-refractivity contribution in [2.75, 3.05) is 18.5 Å². The van der Waals surface area contributed by atoms with E-state index in [2.05, 4.69) is 15.5 Å². The van der Waals surface area contributed by atoms with Crippen molar-refractivity contribution in [3.05, 3.63) is 41.6 Å². The van der Waals surface area contributed by atoms with Gasteiger partial charge >= 0.3 is 0 Å². The summed E-state index contributed by atoms with van der Waals surface area (Å²) in [5.41, 5.74) is 0.416. The number of anilines is 1. The third-order valence-electron chi connectivity index (χ3n) is 4.25. The number of aromatic nitrogens is 2. The monoisotopic (exact) mass is 435 g/mol. The summed E-state index contributed by atoms with van der Waals surface area (Å²) in [6.45, 7) is 2.18. The normalized spacial score (nSPS) is 14.4. The largest absolute Gasteiger partial charge is 0.486 e. The molecule has 0 spiro atoms. The van der Waals surface area contributed by atoms with Crippen molar-refractivity contribution in [2.24, 2.45) is 0 Å². The van der Waals surface area contributed by atoms with Gasteiger partial charge in [-0.1, -0.05) is 11.2 Å². The lowest BCUT2D eigenvalue weighted by atomic mass is 10.2. The van der Waals surface area contributed by atoms with Crippen molar-refractivity contribution in [3.63, 3.8) is 0 Å². The summed E-state index contributed by atoms with van der Waals surface area (Å²) in [5, 5.41) is 6.92. The molecule has 11 heteroatoms. The first-order valence-corrected chi connectivity index (χ1v) is 11.3. The average Bonchev–Trinajstić information content (AvgIpc) is 3.38. The summed E-state index contributed by atoms with van der Waals surface area (Å²) in [4.78, 5) is 17.4. The zero-order valence-electron chi connectivity index (χ0n) is 15.3. The van der Waals surface area contributed by atoms with Gasteiger partial charge in [0.1, 0.15) is 24.2 Å². The molecule has 1 unspecified atom stereocenters. The van der Waals surface area contributed by atoms with E-state index in [0.29, 0.717) is 36.2 Å². The summed E-state index contributed by atoms with van der Waals surface area (Å²) in [5.74, 6) is 0.135. The van der Waals surface area contributed by atoms with Crippen LogP contribution in [-0.2, 0) is 20.4 Å². The number of hydrogen-bond acceptors (Lipinski definition) is 9. The Bertz CT molecular complexity index is 1120. The molecule has 152 valence electrons. The Morgan fingerprint density at radius 1 is 1.24 bits per heavy atom. The molecule has 0 saturated carbocycles. The van der Waals surface area contributed by atoms with Crippen LogP contribution in [0.25, 0.3) is 10.7 Å². The second-order valence-electron chi connectivity index (χ2n) is 6.29. The predicted molar refractivity (Wildman–Crippen MR) is 106 cm³/mol. The zero-order valence-corrected chi connectivity index (χ0v) is 17.0. The highest BCUT2D eigenvalue weighted by atomic mass is 32.2. The minimum Gasteiger partial charge on any atom is -0.486 e. The highest BCUT2D eigenvalue weighted by molar-refractivity contribution is 7.92. The van der Waals surface area contributed by atoms with Gasteiger partial charge in [-0.3, -0.25) is 4.79 Å². The quantitative estimate of drug-likeness (QED) is 0.627. The smallest absolute Gasteiger partial charge is 0.242 e. The van der Waals surface area contributed by atoms with Crippen LogP contribution in [0.3, 0.4) is 0 Å². The Morgan fingerprint density at radius 3 is 2.79 bits per heavy atom. The molecule has 3 aromatic rings. The standard InChI is InChI=1S/C18H17N3O6S2/c1-11(18(22)19-12-4-5-13-14(9-12)26-7-6-25-13)29(23,24)10-16-20-17(21-27-16)15-3-2-8-28-15/h2-5,8-9,11H,6-7,10H2,1H3,(H,19,22). The maximum absolute atomic E-state index is 12.6. The van der Waals surface area contributed by atoms with Crippen LogP contribution < -0.4 is 14.8 Å². The van der Waals surface area contributed by atoms with Gasteiger partial charge in [-0.25, -0.2) is 8.42 Å². The SMILES string of the molecule is CC(C(=O)Nc1ccc2c(c1)OCCO2)S(=O)(=O)Cc1nc(-c2cccs2)no1. The molecule has 0 bridgehead atoms. The number of nitrogens with zero attached hydrogens (tertiary/aromatic N) is 2. The molecule has 1 aliphatic rings. The van der Waals surface area contributed by atoms with Crippen LogP contribution in [0, 0.1) is 0 Å². The van der Waals surface area contributed by atoms with Gasteiger partial charge in [0, 0.05) is 11.8 Å². The van der Waals surface area contributed by atoms with Gasteiger partial charge in [-0.05, 0) is 30.5 Å². The van der Waals surface area contributed by atoms with E-state index in [1.165, 1.54) is 18.3 Å². The van der Waals surface area contributed by atoms with Gasteiger partial charge in [0.05, 0.1) is 4.88 Å². The minimum atomic E-state index is -3.87. The number of sulfone groups is 1. The molecule has 4 rings (SSSR count). The first-order chi connectivity index (χ1) is 13.9. The molecule has 1 atom stereocenters. The van der Waals surface area contributed by atoms with Crippen LogP contribution >= 0.6 is 11.3 Å². The molecule has 1 amide bonds. The van der Waals surface area contributed by atoms with Gasteiger partial charge in [0.2, 0.25) is 17.6 Å². The van der Waals surface area contributed by atoms with Crippen molar-refractivity contribution < 1.29 is 27.2 Å². The maximum atomic E-state index is 12.6. The molecule has 1 aliphatic heterocycles. The van der Waals surface area contributed by atoms with Crippen molar-refractivity contribution in [1.29, 1.82) is 0 Å². The van der Waals surface area contributed by atoms with E-state index in [9.17, 15) is 13.2 Å². The second-order valence-corrected chi connectivity index (χ2v) is 9.56. The van der Waals surface area contributed by atoms with Crippen LogP contribution in [0.15, 0.2) is 40.2 Å². The second kappa shape index (κ2) is 7.84. The van der Waals surface area contributed by atoms with Crippen LogP contribution in [0.5, 0.6) is 11.5 Å². The number of carbonyl (C=O) groups is 1. The number of benzene rings is 1. The molecule has 3 heterocycles. The van der Waals surface area contributed by atoms with E-state index < -0.39 is 26.7 Å². The Morgan fingerprint density at radius 2 is 2.03 bits per heavy atom. The Labute approximate surface area is 170 Å². The number of nitrogens with one attached hydrogen (secondary N) is 1. The topological polar surface area (TPSA) is 121 Å². The predicted octanol–water partition coefficient (Wildman–Crippen LogP) is 2.51. The number of fused-ring (bicyclic) bond motifs is 1. The van der Waals surface area contributed by atoms with E-state index in [4.69, 9.17) is 14.0 Å². The maximum Gasteiger partial charge on any atom is 0.242 e. The van der Waals surface area contributed by atoms with Crippen LogP contribution in [0.4, 0.5) is 5.69 Å². The lowest BCUT2D eigenvalue weighted by Gasteiger charge is -2.19. The molecule has 0 radical (unpaired) electrons. The molecule has 0 fully saturated rings. The Balaban J connectivity index is 1.43. The molecule has 1 N–H and O–H groups in total. The van der Waals surface area contributed by atoms with Gasteiger partial charge in [0.25, 0.3) is 0 Å². The Kier molecular flexibility index (Phi) is 5.24. The van der Waals surface area contributed by atoms with Gasteiger partial charge in [-0.2, -0.15) is 4.98 Å². The molecular formula is C18H17N3O6S2. The number of ether oxygens (including phenoxy) is 2. The zero-order chi connectivity index (χ0) is 20.4. The van der Waals surface area contributed by atoms with Crippen molar-refractivity contribution in [1.82, 2.24) is 10.1 Å². The first-order valence-electron chi connectivity index (χ1n) is 8.71. The fraction of sp³-hybridized carbons (Fsp3) is 0.278. The van der Waals surface area contributed by atoms with Crippen molar-refractivity contribution >= 4 is 32.8 Å². The highest BCUT2D eigenvalue weighted by Gasteiger charge is 2.31. The van der Waals surface area contributed by atoms with Gasteiger partial charge in [-0.15, -0.1) is 11.3 Å². The van der Waals surface area contributed by atoms with Gasteiger partial charge in [0.15, 0.2) is 21.3 Å². The molecule has 0 aliphatic carbocycles. The van der Waals surface area contributed by atoms with Crippen molar-refractivity contribution in [2.45, 2.75) is 17.9 Å². The highest BCUT2D eigenvalue weighted by Crippen LogP contribution is 2.32. The molecule has 29 heavy (non-hydrogen) atoms. The number of thiophene rings is 1. The summed E-state index contributed by atoms with van der Waals surface area (Å²) < 4.78 is 41.2. The molecular weight excluding hydrogens is 418 g/mol. The summed E-state index contributed by atoms with van der Waals surface area (Å²) in [6.07, 6.45) is 0. The average molecular weight is 435 g/mol. The van der Waals surface area contributed by atoms with E-state index in [0.717, 1.165) is 4.88 Å². The first kappa shape index (κ1) is 19.4. The van der Waals surface area contributed by atoms with E-state index in [1.807, 2.05) is 11.4 Å². The third-order valence-corrected chi connectivity index (χ3v) is 7.06. The molecule has 9 nitrogen and oxygen atoms in total. The van der Waals surface area contributed by atoms with Crippen LogP contribution in [0.2, 0.25) is 0 Å². The Hall–Kier alpha value is -2.92. The minimum absolute atomic E-state index is 0.0626. The summed E-state index contributed by atoms with van der Waals surface area (Å²) in [7, 11) is -3.87. The third kappa shape index (κ3) is 4.25. The lowest BCUT2D eigenvalue weighted by Crippen LogP contribution is -2.33. The number of carbonyl (C=O) groups excluding carboxylic acids is 1. The summed E-state index contributed by atoms with van der Waals surface area (Å²) in [6, 6.07) is 8.51. The van der Waals surface area contributed by atoms with Gasteiger partial charge < -0.3 is 19.3 Å². The molecule has 1 aromatic carbocycles. The number of hydrogen-bond donors (Lipinski definition) is 1. The fourth-order valence-corrected chi connectivity index (χ4v) is 4.39. The van der Waals surface area contributed by atoms with Crippen LogP contribution in [0.1, 0.15) is 12.8 Å². The number of rotatable bonds is 6. The lowest BCUT2D eigenvalue weighted by molar-refractivity contribution is -0.115.